The predicted octanol–water partition coefficient (Wildman–Crippen LogP) is 3.35. The Kier molecular flexibility index (Phi) is 6.41. The summed E-state index contributed by atoms with van der Waals surface area (Å²) in [5.41, 5.74) is 1.72. The number of nitrogens with zero attached hydrogens (tertiary/aromatic N) is 3. The lowest BCUT2D eigenvalue weighted by molar-refractivity contribution is 0.256. The Labute approximate surface area is 151 Å². The van der Waals surface area contributed by atoms with Crippen molar-refractivity contribution >= 4 is 9.84 Å². The molecule has 1 heterocycles. The molecule has 0 aliphatic rings. The third kappa shape index (κ3) is 5.16. The van der Waals surface area contributed by atoms with Crippen molar-refractivity contribution in [1.82, 2.24) is 14.5 Å². The van der Waals surface area contributed by atoms with Gasteiger partial charge in [0.05, 0.1) is 17.6 Å². The maximum atomic E-state index is 12.9. The van der Waals surface area contributed by atoms with Crippen molar-refractivity contribution in [2.45, 2.75) is 57.7 Å². The maximum absolute atomic E-state index is 12.9. The number of aromatic nitrogens is 2. The van der Waals surface area contributed by atoms with E-state index in [1.165, 1.54) is 0 Å². The standard InChI is InChI=1S/C19H29N3O2S/c1-15(2)12-22-18(13-21(5)16(3)4)11-20-19(22)25(23,24)14-17-9-7-6-8-10-17/h6-11,15-16H,12-14H2,1-5H3. The minimum atomic E-state index is -3.49. The van der Waals surface area contributed by atoms with Crippen molar-refractivity contribution in [2.24, 2.45) is 5.92 Å². The summed E-state index contributed by atoms with van der Waals surface area (Å²) in [6, 6.07) is 9.65. The summed E-state index contributed by atoms with van der Waals surface area (Å²) in [4.78, 5) is 6.48. The number of hydrogen-bond donors (Lipinski definition) is 0. The summed E-state index contributed by atoms with van der Waals surface area (Å²) in [5, 5.41) is 0.178. The van der Waals surface area contributed by atoms with Gasteiger partial charge in [0.2, 0.25) is 15.0 Å². The van der Waals surface area contributed by atoms with Gasteiger partial charge in [0, 0.05) is 19.1 Å². The van der Waals surface area contributed by atoms with E-state index in [1.54, 1.807) is 6.20 Å². The topological polar surface area (TPSA) is 55.2 Å². The highest BCUT2D eigenvalue weighted by Gasteiger charge is 2.25. The highest BCUT2D eigenvalue weighted by atomic mass is 32.2. The Bertz CT molecular complexity index is 780. The van der Waals surface area contributed by atoms with Crippen LogP contribution in [0.25, 0.3) is 0 Å². The average molecular weight is 364 g/mol. The second kappa shape index (κ2) is 8.15. The zero-order chi connectivity index (χ0) is 18.6. The molecule has 2 aromatic rings. The van der Waals surface area contributed by atoms with E-state index in [4.69, 9.17) is 0 Å². The molecule has 0 saturated carbocycles. The molecule has 1 aromatic carbocycles. The molecular weight excluding hydrogens is 334 g/mol. The number of rotatable bonds is 8. The molecule has 0 saturated heterocycles. The summed E-state index contributed by atoms with van der Waals surface area (Å²) in [6.45, 7) is 9.74. The van der Waals surface area contributed by atoms with E-state index in [2.05, 4.69) is 37.6 Å². The second-order valence-electron chi connectivity index (χ2n) is 7.29. The molecule has 0 aliphatic heterocycles. The lowest BCUT2D eigenvalue weighted by Crippen LogP contribution is -2.27. The van der Waals surface area contributed by atoms with Crippen LogP contribution in [0.5, 0.6) is 0 Å². The summed E-state index contributed by atoms with van der Waals surface area (Å²) in [5.74, 6) is 0.311. The van der Waals surface area contributed by atoms with E-state index >= 15 is 0 Å². The Morgan fingerprint density at radius 2 is 1.76 bits per heavy atom. The first-order valence-electron chi connectivity index (χ1n) is 8.72. The molecular formula is C19H29N3O2S. The van der Waals surface area contributed by atoms with Gasteiger partial charge in [-0.3, -0.25) is 4.90 Å². The van der Waals surface area contributed by atoms with Gasteiger partial charge >= 0.3 is 0 Å². The first-order valence-corrected chi connectivity index (χ1v) is 10.4. The fraction of sp³-hybridized carbons (Fsp3) is 0.526. The fourth-order valence-corrected chi connectivity index (χ4v) is 4.12. The molecule has 5 nitrogen and oxygen atoms in total. The molecule has 6 heteroatoms. The highest BCUT2D eigenvalue weighted by Crippen LogP contribution is 2.20. The van der Waals surface area contributed by atoms with Gasteiger partial charge in [-0.1, -0.05) is 44.2 Å². The van der Waals surface area contributed by atoms with Gasteiger partial charge in [0.1, 0.15) is 0 Å². The molecule has 0 radical (unpaired) electrons. The lowest BCUT2D eigenvalue weighted by Gasteiger charge is -2.22. The molecule has 0 aliphatic carbocycles. The third-order valence-electron chi connectivity index (χ3n) is 4.22. The number of sulfone groups is 1. The largest absolute Gasteiger partial charge is 0.317 e. The van der Waals surface area contributed by atoms with Crippen molar-refractivity contribution in [1.29, 1.82) is 0 Å². The number of imidazole rings is 1. The molecule has 0 N–H and O–H groups in total. The predicted molar refractivity (Wildman–Crippen MR) is 101 cm³/mol. The summed E-state index contributed by atoms with van der Waals surface area (Å²) in [7, 11) is -1.45. The third-order valence-corrected chi connectivity index (χ3v) is 5.82. The van der Waals surface area contributed by atoms with Crippen LogP contribution in [0.1, 0.15) is 39.0 Å². The Balaban J connectivity index is 2.37. The second-order valence-corrected chi connectivity index (χ2v) is 9.17. The van der Waals surface area contributed by atoms with E-state index in [0.29, 0.717) is 25.0 Å². The van der Waals surface area contributed by atoms with Crippen LogP contribution in [-0.2, 0) is 28.7 Å². The monoisotopic (exact) mass is 363 g/mol. The van der Waals surface area contributed by atoms with E-state index in [9.17, 15) is 8.42 Å². The minimum absolute atomic E-state index is 0.0254. The van der Waals surface area contributed by atoms with E-state index in [-0.39, 0.29) is 10.9 Å². The molecule has 0 atom stereocenters. The Morgan fingerprint density at radius 1 is 1.12 bits per heavy atom. The lowest BCUT2D eigenvalue weighted by atomic mass is 10.2. The van der Waals surface area contributed by atoms with Crippen LogP contribution in [0.15, 0.2) is 41.7 Å². The zero-order valence-electron chi connectivity index (χ0n) is 15.8. The van der Waals surface area contributed by atoms with Crippen LogP contribution < -0.4 is 0 Å². The van der Waals surface area contributed by atoms with Crippen molar-refractivity contribution in [3.05, 3.63) is 47.8 Å². The Hall–Kier alpha value is -1.66. The van der Waals surface area contributed by atoms with Gasteiger partial charge in [-0.15, -0.1) is 0 Å². The highest BCUT2D eigenvalue weighted by molar-refractivity contribution is 7.90. The average Bonchev–Trinajstić information content (AvgIpc) is 2.90. The van der Waals surface area contributed by atoms with Crippen molar-refractivity contribution in [3.63, 3.8) is 0 Å². The smallest absolute Gasteiger partial charge is 0.228 e. The maximum Gasteiger partial charge on any atom is 0.228 e. The SMILES string of the molecule is CC(C)Cn1c(CN(C)C(C)C)cnc1S(=O)(=O)Cc1ccccc1. The van der Waals surface area contributed by atoms with Gasteiger partial charge in [0.25, 0.3) is 0 Å². The van der Waals surface area contributed by atoms with Crippen LogP contribution in [0.3, 0.4) is 0 Å². The van der Waals surface area contributed by atoms with Gasteiger partial charge in [-0.2, -0.15) is 0 Å². The minimum Gasteiger partial charge on any atom is -0.317 e. The van der Waals surface area contributed by atoms with E-state index in [0.717, 1.165) is 11.3 Å². The van der Waals surface area contributed by atoms with Gasteiger partial charge in [0.15, 0.2) is 0 Å². The fourth-order valence-electron chi connectivity index (χ4n) is 2.62. The van der Waals surface area contributed by atoms with E-state index < -0.39 is 9.84 Å². The summed E-state index contributed by atoms with van der Waals surface area (Å²) in [6.07, 6.45) is 1.71. The number of benzene rings is 1. The molecule has 0 unspecified atom stereocenters. The van der Waals surface area contributed by atoms with Crippen molar-refractivity contribution in [3.8, 4) is 0 Å². The van der Waals surface area contributed by atoms with Crippen LogP contribution in [0, 0.1) is 5.92 Å². The first-order chi connectivity index (χ1) is 11.7. The molecule has 138 valence electrons. The molecule has 0 spiro atoms. The number of hydrogen-bond acceptors (Lipinski definition) is 4. The first kappa shape index (κ1) is 19.7. The molecule has 2 rings (SSSR count). The van der Waals surface area contributed by atoms with Gasteiger partial charge in [-0.25, -0.2) is 13.4 Å². The van der Waals surface area contributed by atoms with Crippen molar-refractivity contribution < 1.29 is 8.42 Å². The van der Waals surface area contributed by atoms with Crippen molar-refractivity contribution in [2.75, 3.05) is 7.05 Å². The van der Waals surface area contributed by atoms with Crippen LogP contribution in [0.2, 0.25) is 0 Å². The van der Waals surface area contributed by atoms with Gasteiger partial charge in [-0.05, 0) is 32.4 Å². The van der Waals surface area contributed by atoms with E-state index in [1.807, 2.05) is 41.9 Å². The molecule has 25 heavy (non-hydrogen) atoms. The summed E-state index contributed by atoms with van der Waals surface area (Å²) >= 11 is 0. The van der Waals surface area contributed by atoms with Crippen LogP contribution in [0.4, 0.5) is 0 Å². The molecule has 1 aromatic heterocycles. The van der Waals surface area contributed by atoms with Gasteiger partial charge < -0.3 is 4.57 Å². The molecule has 0 fully saturated rings. The molecule has 0 bridgehead atoms. The summed E-state index contributed by atoms with van der Waals surface area (Å²) < 4.78 is 27.8. The quantitative estimate of drug-likeness (QED) is 0.722. The molecule has 0 amide bonds. The normalized spacial score (nSPS) is 12.5. The zero-order valence-corrected chi connectivity index (χ0v) is 16.6. The van der Waals surface area contributed by atoms with Crippen LogP contribution in [-0.4, -0.2) is 36.0 Å². The Morgan fingerprint density at radius 3 is 2.32 bits per heavy atom. The van der Waals surface area contributed by atoms with Crippen LogP contribution >= 0.6 is 0 Å².